The summed E-state index contributed by atoms with van der Waals surface area (Å²) in [5.41, 5.74) is 14.8. The lowest BCUT2D eigenvalue weighted by Gasteiger charge is -2.17. The number of para-hydroxylation sites is 1. The van der Waals surface area contributed by atoms with Gasteiger partial charge in [-0.1, -0.05) is 188 Å². The van der Waals surface area contributed by atoms with Crippen LogP contribution in [0.15, 0.2) is 231 Å². The van der Waals surface area contributed by atoms with E-state index in [2.05, 4.69) is 235 Å². The lowest BCUT2D eigenvalue weighted by Crippen LogP contribution is -1.94. The van der Waals surface area contributed by atoms with Crippen molar-refractivity contribution < 1.29 is 0 Å². The summed E-state index contributed by atoms with van der Waals surface area (Å²) in [4.78, 5) is 5.21. The topological polar surface area (TPSA) is 17.8 Å². The standard InChI is InChI=1S/C59H38N2/c1-4-15-39(16-5-1)40-27-31-46(32-28-40)61-57-26-13-12-23-50(57)51-33-29-44(38-58(51)61)43-30-34-53-54(35-43)49-22-11-10-21-48(49)52-25-14-24-47(59(52)53)45-36-55(41-17-6-2-7-18-41)60-56(37-45)42-19-8-3-9-20-42/h1-38H. The molecule has 12 rings (SSSR count). The van der Waals surface area contributed by atoms with Crippen LogP contribution in [0.2, 0.25) is 0 Å². The van der Waals surface area contributed by atoms with Crippen LogP contribution in [0.25, 0.3) is 116 Å². The Bertz CT molecular complexity index is 3550. The predicted octanol–water partition coefficient (Wildman–Crippen LogP) is 16.0. The Balaban J connectivity index is 1.06. The van der Waals surface area contributed by atoms with E-state index in [1.807, 2.05) is 0 Å². The molecule has 0 aliphatic heterocycles. The number of rotatable bonds is 6. The summed E-state index contributed by atoms with van der Waals surface area (Å²) >= 11 is 0. The number of hydrogen-bond acceptors (Lipinski definition) is 1. The third kappa shape index (κ3) is 5.92. The van der Waals surface area contributed by atoms with E-state index in [9.17, 15) is 0 Å². The second kappa shape index (κ2) is 14.3. The van der Waals surface area contributed by atoms with Crippen molar-refractivity contribution >= 4 is 54.1 Å². The Morgan fingerprint density at radius 2 is 0.738 bits per heavy atom. The Kier molecular flexibility index (Phi) is 8.21. The minimum atomic E-state index is 0.960. The van der Waals surface area contributed by atoms with E-state index < -0.39 is 0 Å². The van der Waals surface area contributed by atoms with Crippen molar-refractivity contribution in [3.63, 3.8) is 0 Å². The molecule has 2 heterocycles. The molecule has 2 aromatic heterocycles. The first-order valence-corrected chi connectivity index (χ1v) is 21.0. The quantitative estimate of drug-likeness (QED) is 0.154. The maximum absolute atomic E-state index is 5.21. The number of hydrogen-bond donors (Lipinski definition) is 0. The molecule has 0 atom stereocenters. The van der Waals surface area contributed by atoms with Crippen LogP contribution in [0.1, 0.15) is 0 Å². The van der Waals surface area contributed by atoms with Gasteiger partial charge in [0.15, 0.2) is 0 Å². The molecule has 61 heavy (non-hydrogen) atoms. The van der Waals surface area contributed by atoms with E-state index in [-0.39, 0.29) is 0 Å². The van der Waals surface area contributed by atoms with Crippen LogP contribution in [0.5, 0.6) is 0 Å². The molecule has 284 valence electrons. The summed E-state index contributed by atoms with van der Waals surface area (Å²) in [6, 6.07) is 83.6. The Morgan fingerprint density at radius 1 is 0.262 bits per heavy atom. The average Bonchev–Trinajstić information content (AvgIpc) is 3.68. The van der Waals surface area contributed by atoms with Gasteiger partial charge in [0, 0.05) is 27.6 Å². The number of fused-ring (bicyclic) bond motifs is 9. The van der Waals surface area contributed by atoms with E-state index >= 15 is 0 Å². The minimum Gasteiger partial charge on any atom is -0.309 e. The van der Waals surface area contributed by atoms with E-state index in [1.54, 1.807) is 0 Å². The van der Waals surface area contributed by atoms with Gasteiger partial charge in [0.2, 0.25) is 0 Å². The molecular weight excluding hydrogens is 737 g/mol. The first-order chi connectivity index (χ1) is 30.2. The number of nitrogens with zero attached hydrogens (tertiary/aromatic N) is 2. The molecule has 0 saturated carbocycles. The van der Waals surface area contributed by atoms with Crippen molar-refractivity contribution in [1.29, 1.82) is 0 Å². The molecule has 0 fully saturated rings. The van der Waals surface area contributed by atoms with Crippen molar-refractivity contribution in [2.45, 2.75) is 0 Å². The summed E-state index contributed by atoms with van der Waals surface area (Å²) in [6.07, 6.45) is 0. The van der Waals surface area contributed by atoms with Crippen molar-refractivity contribution in [3.8, 4) is 61.6 Å². The second-order valence-electron chi connectivity index (χ2n) is 15.9. The molecule has 0 radical (unpaired) electrons. The summed E-state index contributed by atoms with van der Waals surface area (Å²) in [6.45, 7) is 0. The zero-order valence-corrected chi connectivity index (χ0v) is 33.3. The van der Waals surface area contributed by atoms with Gasteiger partial charge in [-0.15, -0.1) is 0 Å². The van der Waals surface area contributed by atoms with Gasteiger partial charge in [-0.3, -0.25) is 0 Å². The number of benzene rings is 10. The summed E-state index contributed by atoms with van der Waals surface area (Å²) < 4.78 is 2.42. The normalized spacial score (nSPS) is 11.6. The molecule has 0 amide bonds. The van der Waals surface area contributed by atoms with Crippen LogP contribution in [0.3, 0.4) is 0 Å². The smallest absolute Gasteiger partial charge is 0.0715 e. The molecule has 10 aromatic carbocycles. The number of pyridine rings is 1. The highest BCUT2D eigenvalue weighted by atomic mass is 15.0. The zero-order valence-electron chi connectivity index (χ0n) is 33.3. The molecule has 0 saturated heterocycles. The van der Waals surface area contributed by atoms with Crippen LogP contribution in [-0.4, -0.2) is 9.55 Å². The lowest BCUT2D eigenvalue weighted by molar-refractivity contribution is 1.18. The van der Waals surface area contributed by atoms with Gasteiger partial charge in [0.05, 0.1) is 22.4 Å². The third-order valence-corrected chi connectivity index (χ3v) is 12.4. The largest absolute Gasteiger partial charge is 0.309 e. The van der Waals surface area contributed by atoms with Gasteiger partial charge in [-0.05, 0) is 108 Å². The zero-order chi connectivity index (χ0) is 40.3. The van der Waals surface area contributed by atoms with E-state index in [4.69, 9.17) is 4.98 Å². The van der Waals surface area contributed by atoms with Gasteiger partial charge in [-0.2, -0.15) is 0 Å². The SMILES string of the molecule is c1ccc(-c2ccc(-n3c4ccccc4c4ccc(-c5ccc6c(c5)c5ccccc5c5cccc(-c7cc(-c8ccccc8)nc(-c8ccccc8)c7)c56)cc43)cc2)cc1. The van der Waals surface area contributed by atoms with Gasteiger partial charge in [0.25, 0.3) is 0 Å². The van der Waals surface area contributed by atoms with Crippen LogP contribution >= 0.6 is 0 Å². The second-order valence-corrected chi connectivity index (χ2v) is 15.9. The van der Waals surface area contributed by atoms with Crippen molar-refractivity contribution in [2.24, 2.45) is 0 Å². The van der Waals surface area contributed by atoms with Gasteiger partial charge in [-0.25, -0.2) is 4.98 Å². The fraction of sp³-hybridized carbons (Fsp3) is 0. The number of aromatic nitrogens is 2. The van der Waals surface area contributed by atoms with E-state index in [0.29, 0.717) is 0 Å². The molecule has 0 unspecified atom stereocenters. The summed E-state index contributed by atoms with van der Waals surface area (Å²) in [5, 5.41) is 9.98. The molecular formula is C59H38N2. The fourth-order valence-electron chi connectivity index (χ4n) is 9.49. The van der Waals surface area contributed by atoms with Gasteiger partial charge in [0.1, 0.15) is 0 Å². The van der Waals surface area contributed by atoms with Crippen LogP contribution in [0.4, 0.5) is 0 Å². The van der Waals surface area contributed by atoms with Crippen LogP contribution in [0, 0.1) is 0 Å². The highest BCUT2D eigenvalue weighted by molar-refractivity contribution is 6.29. The molecule has 0 N–H and O–H groups in total. The first kappa shape index (κ1) is 34.9. The Labute approximate surface area is 354 Å². The van der Waals surface area contributed by atoms with Gasteiger partial charge >= 0.3 is 0 Å². The Hall–Kier alpha value is -8.07. The molecule has 0 bridgehead atoms. The fourth-order valence-corrected chi connectivity index (χ4v) is 9.49. The highest BCUT2D eigenvalue weighted by Gasteiger charge is 2.18. The predicted molar refractivity (Wildman–Crippen MR) is 258 cm³/mol. The van der Waals surface area contributed by atoms with Crippen LogP contribution < -0.4 is 0 Å². The third-order valence-electron chi connectivity index (χ3n) is 12.4. The molecule has 2 heteroatoms. The average molecular weight is 775 g/mol. The molecule has 2 nitrogen and oxygen atoms in total. The van der Waals surface area contributed by atoms with Crippen molar-refractivity contribution in [1.82, 2.24) is 9.55 Å². The maximum atomic E-state index is 5.21. The molecule has 0 aliphatic carbocycles. The lowest BCUT2D eigenvalue weighted by atomic mass is 9.87. The summed E-state index contributed by atoms with van der Waals surface area (Å²) in [5.74, 6) is 0. The Morgan fingerprint density at radius 3 is 1.41 bits per heavy atom. The first-order valence-electron chi connectivity index (χ1n) is 21.0. The monoisotopic (exact) mass is 774 g/mol. The maximum Gasteiger partial charge on any atom is 0.0715 e. The summed E-state index contributed by atoms with van der Waals surface area (Å²) in [7, 11) is 0. The molecule has 0 aliphatic rings. The van der Waals surface area contributed by atoms with Crippen LogP contribution in [-0.2, 0) is 0 Å². The van der Waals surface area contributed by atoms with Gasteiger partial charge < -0.3 is 4.57 Å². The minimum absolute atomic E-state index is 0.960. The van der Waals surface area contributed by atoms with Crippen molar-refractivity contribution in [2.75, 3.05) is 0 Å². The van der Waals surface area contributed by atoms with Crippen molar-refractivity contribution in [3.05, 3.63) is 231 Å². The molecule has 0 spiro atoms. The van der Waals surface area contributed by atoms with E-state index in [1.165, 1.54) is 81.9 Å². The van der Waals surface area contributed by atoms with E-state index in [0.717, 1.165) is 33.8 Å². The molecule has 12 aromatic rings. The highest BCUT2D eigenvalue weighted by Crippen LogP contribution is 2.43.